The number of ether oxygens (including phenoxy) is 1. The molecule has 1 aromatic rings. The Bertz CT molecular complexity index is 405. The fourth-order valence-corrected chi connectivity index (χ4v) is 1.28. The van der Waals surface area contributed by atoms with Crippen molar-refractivity contribution in [3.63, 3.8) is 0 Å². The average Bonchev–Trinajstić information content (AvgIpc) is 2.25. The second-order valence-electron chi connectivity index (χ2n) is 3.06. The van der Waals surface area contributed by atoms with Gasteiger partial charge in [0.25, 0.3) is 0 Å². The third kappa shape index (κ3) is 2.77. The SMILES string of the molecule is COC(=O)c1ccc(/C=C/C=O)cc1C. The summed E-state index contributed by atoms with van der Waals surface area (Å²) in [4.78, 5) is 21.4. The molecule has 0 spiro atoms. The van der Waals surface area contributed by atoms with E-state index in [4.69, 9.17) is 0 Å². The van der Waals surface area contributed by atoms with Crippen LogP contribution in [0.5, 0.6) is 0 Å². The molecule has 0 bridgehead atoms. The number of esters is 1. The van der Waals surface area contributed by atoms with Gasteiger partial charge in [0, 0.05) is 0 Å². The highest BCUT2D eigenvalue weighted by Gasteiger charge is 2.07. The van der Waals surface area contributed by atoms with E-state index in [0.717, 1.165) is 11.1 Å². The molecule has 3 nitrogen and oxygen atoms in total. The van der Waals surface area contributed by atoms with Crippen LogP contribution in [0.3, 0.4) is 0 Å². The van der Waals surface area contributed by atoms with E-state index in [0.29, 0.717) is 11.8 Å². The van der Waals surface area contributed by atoms with Crippen molar-refractivity contribution in [1.29, 1.82) is 0 Å². The largest absolute Gasteiger partial charge is 0.465 e. The van der Waals surface area contributed by atoms with Crippen molar-refractivity contribution in [3.05, 3.63) is 41.0 Å². The van der Waals surface area contributed by atoms with Gasteiger partial charge < -0.3 is 4.74 Å². The average molecular weight is 204 g/mol. The first kappa shape index (κ1) is 11.2. The summed E-state index contributed by atoms with van der Waals surface area (Å²) in [6, 6.07) is 5.27. The Labute approximate surface area is 88.4 Å². The Kier molecular flexibility index (Phi) is 3.80. The number of aryl methyl sites for hydroxylation is 1. The highest BCUT2D eigenvalue weighted by molar-refractivity contribution is 5.91. The second-order valence-corrected chi connectivity index (χ2v) is 3.06. The lowest BCUT2D eigenvalue weighted by molar-refractivity contribution is -0.104. The lowest BCUT2D eigenvalue weighted by Crippen LogP contribution is -2.03. The first-order valence-electron chi connectivity index (χ1n) is 4.50. The van der Waals surface area contributed by atoms with Gasteiger partial charge in [-0.1, -0.05) is 18.2 Å². The van der Waals surface area contributed by atoms with Gasteiger partial charge in [-0.25, -0.2) is 4.79 Å². The van der Waals surface area contributed by atoms with E-state index in [1.807, 2.05) is 13.0 Å². The molecule has 1 aromatic carbocycles. The minimum atomic E-state index is -0.349. The van der Waals surface area contributed by atoms with E-state index < -0.39 is 0 Å². The molecular weight excluding hydrogens is 192 g/mol. The zero-order valence-electron chi connectivity index (χ0n) is 8.69. The molecule has 0 aromatic heterocycles. The van der Waals surface area contributed by atoms with E-state index in [9.17, 15) is 9.59 Å². The zero-order chi connectivity index (χ0) is 11.3. The molecule has 0 radical (unpaired) electrons. The normalized spacial score (nSPS) is 10.3. The van der Waals surface area contributed by atoms with Crippen LogP contribution in [-0.4, -0.2) is 19.4 Å². The van der Waals surface area contributed by atoms with Gasteiger partial charge in [-0.3, -0.25) is 4.79 Å². The molecule has 0 aliphatic carbocycles. The first-order valence-corrected chi connectivity index (χ1v) is 4.50. The summed E-state index contributed by atoms with van der Waals surface area (Å²) in [6.07, 6.45) is 3.80. The van der Waals surface area contributed by atoms with Gasteiger partial charge in [-0.15, -0.1) is 0 Å². The van der Waals surface area contributed by atoms with Crippen LogP contribution in [-0.2, 0) is 9.53 Å². The van der Waals surface area contributed by atoms with Crippen molar-refractivity contribution >= 4 is 18.3 Å². The van der Waals surface area contributed by atoms with Gasteiger partial charge >= 0.3 is 5.97 Å². The number of hydrogen-bond donors (Lipinski definition) is 0. The fourth-order valence-electron chi connectivity index (χ4n) is 1.28. The monoisotopic (exact) mass is 204 g/mol. The van der Waals surface area contributed by atoms with Crippen molar-refractivity contribution in [2.24, 2.45) is 0 Å². The summed E-state index contributed by atoms with van der Waals surface area (Å²) in [6.45, 7) is 1.82. The summed E-state index contributed by atoms with van der Waals surface area (Å²) in [5.74, 6) is -0.349. The lowest BCUT2D eigenvalue weighted by atomic mass is 10.1. The Morgan fingerprint density at radius 1 is 1.40 bits per heavy atom. The van der Waals surface area contributed by atoms with Gasteiger partial charge in [0.1, 0.15) is 6.29 Å². The van der Waals surface area contributed by atoms with Crippen LogP contribution in [0, 0.1) is 6.92 Å². The van der Waals surface area contributed by atoms with Gasteiger partial charge in [-0.05, 0) is 30.2 Å². The Morgan fingerprint density at radius 3 is 2.67 bits per heavy atom. The van der Waals surface area contributed by atoms with Crippen LogP contribution in [0.25, 0.3) is 6.08 Å². The van der Waals surface area contributed by atoms with Crippen molar-refractivity contribution in [1.82, 2.24) is 0 Å². The number of rotatable bonds is 3. The van der Waals surface area contributed by atoms with Crippen LogP contribution >= 0.6 is 0 Å². The Balaban J connectivity index is 3.02. The standard InChI is InChI=1S/C12H12O3/c1-9-8-10(4-3-7-13)5-6-11(9)12(14)15-2/h3-8H,1-2H3/b4-3+. The maximum absolute atomic E-state index is 11.3. The summed E-state index contributed by atoms with van der Waals surface area (Å²) in [5.41, 5.74) is 2.25. The molecule has 0 saturated heterocycles. The topological polar surface area (TPSA) is 43.4 Å². The van der Waals surface area contributed by atoms with E-state index in [-0.39, 0.29) is 5.97 Å². The first-order chi connectivity index (χ1) is 7.19. The fraction of sp³-hybridized carbons (Fsp3) is 0.167. The molecule has 1 rings (SSSR count). The van der Waals surface area contributed by atoms with E-state index in [1.165, 1.54) is 13.2 Å². The third-order valence-corrected chi connectivity index (χ3v) is 2.02. The van der Waals surface area contributed by atoms with Crippen LogP contribution in [0.4, 0.5) is 0 Å². The molecular formula is C12H12O3. The molecule has 0 amide bonds. The molecule has 0 aliphatic rings. The minimum absolute atomic E-state index is 0.349. The minimum Gasteiger partial charge on any atom is -0.465 e. The number of allylic oxidation sites excluding steroid dienone is 1. The van der Waals surface area contributed by atoms with E-state index in [1.54, 1.807) is 18.2 Å². The molecule has 0 fully saturated rings. The third-order valence-electron chi connectivity index (χ3n) is 2.02. The molecule has 0 heterocycles. The smallest absolute Gasteiger partial charge is 0.338 e. The maximum atomic E-state index is 11.3. The number of methoxy groups -OCH3 is 1. The van der Waals surface area contributed by atoms with Crippen molar-refractivity contribution < 1.29 is 14.3 Å². The molecule has 0 saturated carbocycles. The molecule has 0 unspecified atom stereocenters. The van der Waals surface area contributed by atoms with Crippen LogP contribution < -0.4 is 0 Å². The summed E-state index contributed by atoms with van der Waals surface area (Å²) in [7, 11) is 1.35. The van der Waals surface area contributed by atoms with Gasteiger partial charge in [0.2, 0.25) is 0 Å². The highest BCUT2D eigenvalue weighted by Crippen LogP contribution is 2.13. The number of aldehydes is 1. The lowest BCUT2D eigenvalue weighted by Gasteiger charge is -2.04. The Morgan fingerprint density at radius 2 is 2.13 bits per heavy atom. The van der Waals surface area contributed by atoms with E-state index >= 15 is 0 Å². The van der Waals surface area contributed by atoms with Crippen molar-refractivity contribution in [2.45, 2.75) is 6.92 Å². The van der Waals surface area contributed by atoms with Crippen molar-refractivity contribution in [2.75, 3.05) is 7.11 Å². The number of hydrogen-bond acceptors (Lipinski definition) is 3. The van der Waals surface area contributed by atoms with Crippen LogP contribution in [0.2, 0.25) is 0 Å². The highest BCUT2D eigenvalue weighted by atomic mass is 16.5. The maximum Gasteiger partial charge on any atom is 0.338 e. The van der Waals surface area contributed by atoms with Crippen LogP contribution in [0.1, 0.15) is 21.5 Å². The zero-order valence-corrected chi connectivity index (χ0v) is 8.69. The number of carbonyl (C=O) groups is 2. The quantitative estimate of drug-likeness (QED) is 0.429. The van der Waals surface area contributed by atoms with Crippen LogP contribution in [0.15, 0.2) is 24.3 Å². The second kappa shape index (κ2) is 5.10. The van der Waals surface area contributed by atoms with E-state index in [2.05, 4.69) is 4.74 Å². The molecule has 0 aliphatic heterocycles. The van der Waals surface area contributed by atoms with Gasteiger partial charge in [0.15, 0.2) is 0 Å². The van der Waals surface area contributed by atoms with Gasteiger partial charge in [-0.2, -0.15) is 0 Å². The summed E-state index contributed by atoms with van der Waals surface area (Å²) < 4.78 is 4.62. The molecule has 78 valence electrons. The number of carbonyl (C=O) groups excluding carboxylic acids is 2. The summed E-state index contributed by atoms with van der Waals surface area (Å²) >= 11 is 0. The Hall–Kier alpha value is -1.90. The van der Waals surface area contributed by atoms with Crippen molar-refractivity contribution in [3.8, 4) is 0 Å². The molecule has 15 heavy (non-hydrogen) atoms. The van der Waals surface area contributed by atoms with Gasteiger partial charge in [0.05, 0.1) is 12.7 Å². The predicted molar refractivity (Wildman–Crippen MR) is 57.6 cm³/mol. The predicted octanol–water partition coefficient (Wildman–Crippen LogP) is 1.99. The molecule has 0 N–H and O–H groups in total. The summed E-state index contributed by atoms with van der Waals surface area (Å²) in [5, 5.41) is 0. The molecule has 3 heteroatoms. The molecule has 0 atom stereocenters. The number of benzene rings is 1.